The fourth-order valence-electron chi connectivity index (χ4n) is 1.32. The molecule has 0 saturated carbocycles. The van der Waals surface area contributed by atoms with E-state index in [4.69, 9.17) is 0 Å². The molecule has 0 unspecified atom stereocenters. The van der Waals surface area contributed by atoms with Gasteiger partial charge in [-0.2, -0.15) is 0 Å². The van der Waals surface area contributed by atoms with Crippen LogP contribution in [-0.4, -0.2) is 15.9 Å². The van der Waals surface area contributed by atoms with E-state index in [1.54, 1.807) is 42.7 Å². The highest BCUT2D eigenvalue weighted by molar-refractivity contribution is 6.10. The van der Waals surface area contributed by atoms with Gasteiger partial charge in [-0.25, -0.2) is 0 Å². The Morgan fingerprint density at radius 2 is 1.73 bits per heavy atom. The zero-order chi connectivity index (χ0) is 10.7. The molecule has 0 fully saturated rings. The van der Waals surface area contributed by atoms with Gasteiger partial charge in [-0.05, 0) is 24.3 Å². The summed E-state index contributed by atoms with van der Waals surface area (Å²) in [6, 6.07) is 9.73. The van der Waals surface area contributed by atoms with Crippen molar-refractivity contribution in [3.05, 3.63) is 59.9 Å². The minimum Gasteiger partial charge on any atom is -0.507 e. The molecule has 15 heavy (non-hydrogen) atoms. The maximum atomic E-state index is 11.9. The van der Waals surface area contributed by atoms with Crippen molar-refractivity contribution in [1.82, 2.24) is 4.98 Å². The van der Waals surface area contributed by atoms with Crippen molar-refractivity contribution >= 4 is 5.78 Å². The van der Waals surface area contributed by atoms with Crippen molar-refractivity contribution in [3.8, 4) is 5.75 Å². The number of hydrogen-bond donors (Lipinski definition) is 1. The summed E-state index contributed by atoms with van der Waals surface area (Å²) in [5.74, 6) is -0.199. The zero-order valence-electron chi connectivity index (χ0n) is 7.92. The third-order valence-electron chi connectivity index (χ3n) is 2.09. The molecule has 0 amide bonds. The number of rotatable bonds is 2. The molecule has 0 spiro atoms. The molecule has 1 N–H and O–H groups in total. The number of phenols is 1. The third kappa shape index (κ3) is 1.86. The van der Waals surface area contributed by atoms with Gasteiger partial charge in [-0.3, -0.25) is 9.78 Å². The Morgan fingerprint density at radius 3 is 2.40 bits per heavy atom. The Labute approximate surface area is 87.0 Å². The molecule has 0 aliphatic heterocycles. The second-order valence-electron chi connectivity index (χ2n) is 3.08. The number of hydrogen-bond acceptors (Lipinski definition) is 3. The molecule has 3 heteroatoms. The number of ketones is 1. The molecule has 0 aliphatic carbocycles. The van der Waals surface area contributed by atoms with Crippen molar-refractivity contribution in [1.29, 1.82) is 0 Å². The van der Waals surface area contributed by atoms with E-state index in [9.17, 15) is 9.90 Å². The quantitative estimate of drug-likeness (QED) is 0.753. The van der Waals surface area contributed by atoms with Crippen molar-refractivity contribution in [2.24, 2.45) is 0 Å². The van der Waals surface area contributed by atoms with Gasteiger partial charge < -0.3 is 5.11 Å². The summed E-state index contributed by atoms with van der Waals surface area (Å²) >= 11 is 0. The van der Waals surface area contributed by atoms with E-state index in [0.717, 1.165) is 0 Å². The number of carbonyl (C=O) groups is 1. The van der Waals surface area contributed by atoms with Crippen LogP contribution in [0, 0.1) is 0 Å². The smallest absolute Gasteiger partial charge is 0.196 e. The van der Waals surface area contributed by atoms with Crippen LogP contribution in [-0.2, 0) is 0 Å². The van der Waals surface area contributed by atoms with Gasteiger partial charge in [0.05, 0.1) is 5.56 Å². The van der Waals surface area contributed by atoms with Crippen LogP contribution in [0.3, 0.4) is 0 Å². The molecular formula is C12H9NO2. The lowest BCUT2D eigenvalue weighted by Crippen LogP contribution is -2.01. The molecule has 3 nitrogen and oxygen atoms in total. The van der Waals surface area contributed by atoms with E-state index in [0.29, 0.717) is 11.1 Å². The van der Waals surface area contributed by atoms with Crippen molar-refractivity contribution in [2.45, 2.75) is 0 Å². The summed E-state index contributed by atoms with van der Waals surface area (Å²) in [6.07, 6.45) is 3.10. The van der Waals surface area contributed by atoms with E-state index in [1.165, 1.54) is 6.07 Å². The van der Waals surface area contributed by atoms with E-state index in [-0.39, 0.29) is 11.5 Å². The van der Waals surface area contributed by atoms with Gasteiger partial charge in [-0.1, -0.05) is 12.1 Å². The monoisotopic (exact) mass is 199 g/mol. The number of phenolic OH excluding ortho intramolecular Hbond substituents is 1. The average molecular weight is 199 g/mol. The Kier molecular flexibility index (Phi) is 2.46. The molecule has 2 aromatic rings. The standard InChI is InChI=1S/C12H9NO2/c14-11-4-2-1-3-10(11)12(15)9-5-7-13-8-6-9/h1-8,14H. The highest BCUT2D eigenvalue weighted by Crippen LogP contribution is 2.19. The lowest BCUT2D eigenvalue weighted by atomic mass is 10.0. The van der Waals surface area contributed by atoms with Crippen LogP contribution in [0.15, 0.2) is 48.8 Å². The van der Waals surface area contributed by atoms with Crippen LogP contribution >= 0.6 is 0 Å². The molecular weight excluding hydrogens is 190 g/mol. The van der Waals surface area contributed by atoms with Gasteiger partial charge >= 0.3 is 0 Å². The molecule has 1 heterocycles. The second-order valence-corrected chi connectivity index (χ2v) is 3.08. The SMILES string of the molecule is O=C(c1ccncc1)c1ccccc1O. The summed E-state index contributed by atoms with van der Waals surface area (Å²) < 4.78 is 0. The minimum absolute atomic E-state index is 0.000637. The largest absolute Gasteiger partial charge is 0.507 e. The van der Waals surface area contributed by atoms with Crippen molar-refractivity contribution in [2.75, 3.05) is 0 Å². The molecule has 0 aliphatic rings. The number of benzene rings is 1. The van der Waals surface area contributed by atoms with Gasteiger partial charge in [0.2, 0.25) is 0 Å². The first kappa shape index (κ1) is 9.40. The summed E-state index contributed by atoms with van der Waals surface area (Å²) in [7, 11) is 0. The topological polar surface area (TPSA) is 50.2 Å². The molecule has 0 bridgehead atoms. The number of carbonyl (C=O) groups excluding carboxylic acids is 1. The van der Waals surface area contributed by atoms with Crippen LogP contribution in [0.25, 0.3) is 0 Å². The molecule has 1 aromatic carbocycles. The lowest BCUT2D eigenvalue weighted by Gasteiger charge is -2.02. The van der Waals surface area contributed by atoms with E-state index in [1.807, 2.05) is 0 Å². The number of nitrogens with zero attached hydrogens (tertiary/aromatic N) is 1. The molecule has 74 valence electrons. The highest BCUT2D eigenvalue weighted by Gasteiger charge is 2.11. The normalized spacial score (nSPS) is 9.87. The molecule has 0 atom stereocenters. The van der Waals surface area contributed by atoms with Crippen molar-refractivity contribution in [3.63, 3.8) is 0 Å². The maximum Gasteiger partial charge on any atom is 0.196 e. The predicted molar refractivity (Wildman–Crippen MR) is 55.8 cm³/mol. The van der Waals surface area contributed by atoms with Gasteiger partial charge in [-0.15, -0.1) is 0 Å². The van der Waals surface area contributed by atoms with Crippen LogP contribution in [0.4, 0.5) is 0 Å². The van der Waals surface area contributed by atoms with Gasteiger partial charge in [0.15, 0.2) is 5.78 Å². The third-order valence-corrected chi connectivity index (χ3v) is 2.09. The van der Waals surface area contributed by atoms with E-state index in [2.05, 4.69) is 4.98 Å². The first-order chi connectivity index (χ1) is 7.29. The Balaban J connectivity index is 2.42. The fourth-order valence-corrected chi connectivity index (χ4v) is 1.32. The average Bonchev–Trinajstić information content (AvgIpc) is 2.30. The molecule has 0 saturated heterocycles. The minimum atomic E-state index is -0.199. The molecule has 2 rings (SSSR count). The highest BCUT2D eigenvalue weighted by atomic mass is 16.3. The summed E-state index contributed by atoms with van der Waals surface area (Å²) in [6.45, 7) is 0. The van der Waals surface area contributed by atoms with Gasteiger partial charge in [0.25, 0.3) is 0 Å². The number of pyridine rings is 1. The van der Waals surface area contributed by atoms with Gasteiger partial charge in [0, 0.05) is 18.0 Å². The summed E-state index contributed by atoms with van der Waals surface area (Å²) in [4.78, 5) is 15.7. The van der Waals surface area contributed by atoms with Crippen LogP contribution in [0.2, 0.25) is 0 Å². The lowest BCUT2D eigenvalue weighted by molar-refractivity contribution is 0.103. The Bertz CT molecular complexity index is 480. The number of para-hydroxylation sites is 1. The first-order valence-electron chi connectivity index (χ1n) is 4.52. The molecule has 1 aromatic heterocycles. The summed E-state index contributed by atoms with van der Waals surface area (Å²) in [5.41, 5.74) is 0.829. The zero-order valence-corrected chi connectivity index (χ0v) is 7.92. The fraction of sp³-hybridized carbons (Fsp3) is 0. The Hall–Kier alpha value is -2.16. The Morgan fingerprint density at radius 1 is 1.07 bits per heavy atom. The second kappa shape index (κ2) is 3.92. The van der Waals surface area contributed by atoms with Crippen molar-refractivity contribution < 1.29 is 9.90 Å². The summed E-state index contributed by atoms with van der Waals surface area (Å²) in [5, 5.41) is 9.51. The molecule has 0 radical (unpaired) electrons. The predicted octanol–water partition coefficient (Wildman–Crippen LogP) is 2.02. The van der Waals surface area contributed by atoms with E-state index >= 15 is 0 Å². The van der Waals surface area contributed by atoms with Crippen LogP contribution in [0.1, 0.15) is 15.9 Å². The van der Waals surface area contributed by atoms with E-state index < -0.39 is 0 Å². The van der Waals surface area contributed by atoms with Crippen LogP contribution in [0.5, 0.6) is 5.75 Å². The number of aromatic hydroxyl groups is 1. The van der Waals surface area contributed by atoms with Crippen LogP contribution < -0.4 is 0 Å². The van der Waals surface area contributed by atoms with Gasteiger partial charge in [0.1, 0.15) is 5.75 Å². The first-order valence-corrected chi connectivity index (χ1v) is 4.52. The number of aromatic nitrogens is 1. The maximum absolute atomic E-state index is 11.9.